The molecule has 0 bridgehead atoms. The zero-order chi connectivity index (χ0) is 12.6. The van der Waals surface area contributed by atoms with Gasteiger partial charge < -0.3 is 5.11 Å². The van der Waals surface area contributed by atoms with E-state index >= 15 is 0 Å². The number of unbranched alkanes of at least 4 members (excludes halogenated alkanes) is 5. The summed E-state index contributed by atoms with van der Waals surface area (Å²) < 4.78 is 0. The highest BCUT2D eigenvalue weighted by Crippen LogP contribution is 2.02. The second-order valence-electron chi connectivity index (χ2n) is 3.71. The van der Waals surface area contributed by atoms with E-state index in [1.165, 1.54) is 44.9 Å². The zero-order valence-electron chi connectivity index (χ0n) is 10.7. The number of hydrogen-bond acceptors (Lipinski definition) is 1. The van der Waals surface area contributed by atoms with Gasteiger partial charge in [0.2, 0.25) is 0 Å². The first kappa shape index (κ1) is 17.3. The number of carbonyl (C=O) groups is 1. The molecule has 0 radical (unpaired) electrons. The van der Waals surface area contributed by atoms with Gasteiger partial charge in [-0.1, -0.05) is 38.0 Å². The minimum Gasteiger partial charge on any atom is -0.481 e. The number of carboxylic acid groups (broad SMARTS) is 1. The van der Waals surface area contributed by atoms with E-state index in [-0.39, 0.29) is 0 Å². The molecule has 0 aliphatic rings. The van der Waals surface area contributed by atoms with E-state index < -0.39 is 5.97 Å². The number of aliphatic carboxylic acids is 1. The molecule has 0 atom stereocenters. The van der Waals surface area contributed by atoms with E-state index in [0.29, 0.717) is 0 Å². The maximum absolute atomic E-state index is 9.00. The van der Waals surface area contributed by atoms with Crippen LogP contribution in [-0.4, -0.2) is 11.1 Å². The lowest BCUT2D eigenvalue weighted by Gasteiger charge is -1.92. The molecular formula is C14H26O2. The number of hydrogen-bond donors (Lipinski definition) is 1. The van der Waals surface area contributed by atoms with Gasteiger partial charge >= 0.3 is 0 Å². The van der Waals surface area contributed by atoms with Crippen LogP contribution in [0.2, 0.25) is 0 Å². The summed E-state index contributed by atoms with van der Waals surface area (Å²) in [4.78, 5) is 9.00. The van der Waals surface area contributed by atoms with Gasteiger partial charge in [0.1, 0.15) is 0 Å². The van der Waals surface area contributed by atoms with E-state index in [9.17, 15) is 0 Å². The summed E-state index contributed by atoms with van der Waals surface area (Å²) in [6.07, 6.45) is 15.6. The monoisotopic (exact) mass is 226 g/mol. The molecule has 0 amide bonds. The Hall–Kier alpha value is -1.05. The molecule has 1 N–H and O–H groups in total. The molecule has 0 aromatic heterocycles. The quantitative estimate of drug-likeness (QED) is 0.486. The molecule has 2 nitrogen and oxygen atoms in total. The van der Waals surface area contributed by atoms with Crippen molar-refractivity contribution in [2.45, 2.75) is 58.8 Å². The first-order chi connectivity index (χ1) is 7.65. The van der Waals surface area contributed by atoms with Crippen LogP contribution in [0.5, 0.6) is 0 Å². The molecule has 0 saturated carbocycles. The molecule has 0 aliphatic heterocycles. The van der Waals surface area contributed by atoms with E-state index in [0.717, 1.165) is 6.92 Å². The van der Waals surface area contributed by atoms with Gasteiger partial charge in [-0.25, -0.2) is 0 Å². The van der Waals surface area contributed by atoms with Crippen LogP contribution >= 0.6 is 0 Å². The van der Waals surface area contributed by atoms with Crippen molar-refractivity contribution in [2.75, 3.05) is 0 Å². The average molecular weight is 226 g/mol. The molecule has 0 saturated heterocycles. The van der Waals surface area contributed by atoms with Gasteiger partial charge in [0.05, 0.1) is 0 Å². The minimum atomic E-state index is -0.833. The fraction of sp³-hybridized carbons (Fsp3) is 0.643. The van der Waals surface area contributed by atoms with Gasteiger partial charge in [0, 0.05) is 6.92 Å². The first-order valence-corrected chi connectivity index (χ1v) is 6.10. The Bertz CT molecular complexity index is 179. The third-order valence-corrected chi connectivity index (χ3v) is 1.92. The highest BCUT2D eigenvalue weighted by atomic mass is 16.4. The number of carboxylic acids is 1. The Morgan fingerprint density at radius 2 is 1.56 bits per heavy atom. The minimum absolute atomic E-state index is 0.833. The fourth-order valence-electron chi connectivity index (χ4n) is 1.11. The topological polar surface area (TPSA) is 37.3 Å². The normalized spacial score (nSPS) is 9.62. The van der Waals surface area contributed by atoms with Crippen molar-refractivity contribution in [2.24, 2.45) is 0 Å². The summed E-state index contributed by atoms with van der Waals surface area (Å²) >= 11 is 0. The number of allylic oxidation sites excluding steroid dienone is 3. The van der Waals surface area contributed by atoms with Crippen molar-refractivity contribution in [1.82, 2.24) is 0 Å². The highest BCUT2D eigenvalue weighted by Gasteiger charge is 1.82. The molecule has 0 aliphatic carbocycles. The summed E-state index contributed by atoms with van der Waals surface area (Å²) in [5, 5.41) is 7.42. The smallest absolute Gasteiger partial charge is 0.300 e. The second-order valence-corrected chi connectivity index (χ2v) is 3.71. The van der Waals surface area contributed by atoms with E-state index in [4.69, 9.17) is 9.90 Å². The maximum Gasteiger partial charge on any atom is 0.300 e. The molecular weight excluding hydrogens is 200 g/mol. The average Bonchev–Trinajstić information content (AvgIpc) is 2.21. The third kappa shape index (κ3) is 29.3. The summed E-state index contributed by atoms with van der Waals surface area (Å²) in [5.74, 6) is -0.833. The van der Waals surface area contributed by atoms with E-state index in [1.807, 2.05) is 6.08 Å². The summed E-state index contributed by atoms with van der Waals surface area (Å²) in [7, 11) is 0. The van der Waals surface area contributed by atoms with Crippen molar-refractivity contribution in [3.05, 3.63) is 24.8 Å². The lowest BCUT2D eigenvalue weighted by Crippen LogP contribution is -1.78. The molecule has 0 fully saturated rings. The Morgan fingerprint density at radius 3 is 2.00 bits per heavy atom. The molecule has 0 aromatic rings. The van der Waals surface area contributed by atoms with Gasteiger partial charge in [0.25, 0.3) is 5.97 Å². The third-order valence-electron chi connectivity index (χ3n) is 1.92. The molecule has 2 heteroatoms. The fourth-order valence-corrected chi connectivity index (χ4v) is 1.11. The molecule has 0 heterocycles. The zero-order valence-corrected chi connectivity index (χ0v) is 10.7. The van der Waals surface area contributed by atoms with E-state index in [2.05, 4.69) is 25.7 Å². The molecule has 0 aromatic carbocycles. The molecule has 0 spiro atoms. The van der Waals surface area contributed by atoms with Gasteiger partial charge in [-0.15, -0.1) is 6.58 Å². The molecule has 94 valence electrons. The van der Waals surface area contributed by atoms with Crippen LogP contribution in [0.25, 0.3) is 0 Å². The van der Waals surface area contributed by atoms with Gasteiger partial charge in [0.15, 0.2) is 0 Å². The van der Waals surface area contributed by atoms with Crippen molar-refractivity contribution < 1.29 is 9.90 Å². The molecule has 16 heavy (non-hydrogen) atoms. The van der Waals surface area contributed by atoms with Crippen molar-refractivity contribution in [1.29, 1.82) is 0 Å². The van der Waals surface area contributed by atoms with Crippen LogP contribution in [-0.2, 0) is 4.79 Å². The van der Waals surface area contributed by atoms with E-state index in [1.54, 1.807) is 0 Å². The van der Waals surface area contributed by atoms with Crippen LogP contribution in [0.1, 0.15) is 58.8 Å². The molecule has 0 rings (SSSR count). The van der Waals surface area contributed by atoms with Gasteiger partial charge in [-0.3, -0.25) is 4.79 Å². The van der Waals surface area contributed by atoms with Crippen molar-refractivity contribution in [3.63, 3.8) is 0 Å². The Morgan fingerprint density at radius 1 is 1.12 bits per heavy atom. The van der Waals surface area contributed by atoms with Gasteiger partial charge in [-0.05, 0) is 32.1 Å². The standard InChI is InChI=1S/C12H22.C2H4O2/c1-3-5-7-9-11-12-10-8-6-4-2;1-2(3)4/h3,10,12H,1,4-9,11H2,2H3;1H3,(H,3,4)/b12-10+;. The van der Waals surface area contributed by atoms with Crippen LogP contribution in [0.4, 0.5) is 0 Å². The summed E-state index contributed by atoms with van der Waals surface area (Å²) in [6.45, 7) is 7.02. The van der Waals surface area contributed by atoms with Crippen LogP contribution in [0, 0.1) is 0 Å². The van der Waals surface area contributed by atoms with Crippen LogP contribution in [0.15, 0.2) is 24.8 Å². The Balaban J connectivity index is 0. The maximum atomic E-state index is 9.00. The predicted octanol–water partition coefficient (Wildman–Crippen LogP) is 4.57. The lowest BCUT2D eigenvalue weighted by molar-refractivity contribution is -0.134. The Labute approximate surface area is 100 Å². The van der Waals surface area contributed by atoms with Crippen molar-refractivity contribution in [3.8, 4) is 0 Å². The predicted molar refractivity (Wildman–Crippen MR) is 70.6 cm³/mol. The Kier molecular flexibility index (Phi) is 17.8. The largest absolute Gasteiger partial charge is 0.481 e. The van der Waals surface area contributed by atoms with Crippen molar-refractivity contribution >= 4 is 5.97 Å². The summed E-state index contributed by atoms with van der Waals surface area (Å²) in [6, 6.07) is 0. The lowest BCUT2D eigenvalue weighted by atomic mass is 10.1. The first-order valence-electron chi connectivity index (χ1n) is 6.10. The SMILES string of the molecule is C=CCCCC/C=C/CCCC.CC(=O)O. The van der Waals surface area contributed by atoms with Crippen LogP contribution in [0.3, 0.4) is 0 Å². The van der Waals surface area contributed by atoms with Crippen LogP contribution < -0.4 is 0 Å². The molecule has 0 unspecified atom stereocenters. The van der Waals surface area contributed by atoms with Gasteiger partial charge in [-0.2, -0.15) is 0 Å². The highest BCUT2D eigenvalue weighted by molar-refractivity contribution is 5.62. The number of rotatable bonds is 8. The summed E-state index contributed by atoms with van der Waals surface area (Å²) in [5.41, 5.74) is 0. The second kappa shape index (κ2) is 16.4.